The van der Waals surface area contributed by atoms with Crippen LogP contribution < -0.4 is 4.72 Å². The lowest BCUT2D eigenvalue weighted by molar-refractivity contribution is 0.601. The lowest BCUT2D eigenvalue weighted by Gasteiger charge is -2.09. The van der Waals surface area contributed by atoms with Gasteiger partial charge in [-0.05, 0) is 23.6 Å². The van der Waals surface area contributed by atoms with Crippen LogP contribution in [-0.2, 0) is 10.0 Å². The van der Waals surface area contributed by atoms with E-state index >= 15 is 0 Å². The molecule has 2 aromatic heterocycles. The van der Waals surface area contributed by atoms with Crippen LogP contribution in [0.2, 0.25) is 5.02 Å². The van der Waals surface area contributed by atoms with Crippen LogP contribution in [0.3, 0.4) is 0 Å². The van der Waals surface area contributed by atoms with Crippen molar-refractivity contribution in [2.75, 3.05) is 4.72 Å². The Bertz CT molecular complexity index is 911. The molecule has 0 saturated carbocycles. The summed E-state index contributed by atoms with van der Waals surface area (Å²) in [5, 5.41) is 4.25. The van der Waals surface area contributed by atoms with Gasteiger partial charge in [0.25, 0.3) is 10.0 Å². The molecule has 0 aliphatic carbocycles. The molecule has 0 fully saturated rings. The summed E-state index contributed by atoms with van der Waals surface area (Å²) in [5.74, 6) is 0. The van der Waals surface area contributed by atoms with E-state index in [1.807, 2.05) is 0 Å². The number of rotatable bonds is 3. The summed E-state index contributed by atoms with van der Waals surface area (Å²) in [7, 11) is -3.76. The molecule has 3 rings (SSSR count). The van der Waals surface area contributed by atoms with Crippen LogP contribution in [-0.4, -0.2) is 13.4 Å². The smallest absolute Gasteiger partial charge is 0.264 e. The Morgan fingerprint density at radius 2 is 2.10 bits per heavy atom. The van der Waals surface area contributed by atoms with Crippen molar-refractivity contribution in [3.05, 3.63) is 50.7 Å². The van der Waals surface area contributed by atoms with Crippen LogP contribution in [0.5, 0.6) is 0 Å². The summed E-state index contributed by atoms with van der Waals surface area (Å²) in [6.45, 7) is 0. The average molecular weight is 404 g/mol. The molecule has 0 bridgehead atoms. The Hall–Kier alpha value is -1.15. The van der Waals surface area contributed by atoms with Crippen molar-refractivity contribution in [3.63, 3.8) is 0 Å². The second-order valence-electron chi connectivity index (χ2n) is 4.22. The number of hydrogen-bond donors (Lipinski definition) is 1. The first-order valence-electron chi connectivity index (χ1n) is 5.76. The molecular formula is C13H8BrClN2O2S2. The Balaban J connectivity index is 2.12. The van der Waals surface area contributed by atoms with E-state index in [1.165, 1.54) is 17.5 Å². The SMILES string of the molecule is O=S(=O)(Nc1ccsc1)c1cnc2cc(Br)ccc2c1Cl. The maximum atomic E-state index is 12.4. The molecule has 3 aromatic rings. The van der Waals surface area contributed by atoms with E-state index in [-0.39, 0.29) is 9.92 Å². The van der Waals surface area contributed by atoms with Crippen LogP contribution in [0.4, 0.5) is 5.69 Å². The Kier molecular flexibility index (Phi) is 3.92. The van der Waals surface area contributed by atoms with Crippen LogP contribution in [0.1, 0.15) is 0 Å². The van der Waals surface area contributed by atoms with E-state index in [4.69, 9.17) is 11.6 Å². The highest BCUT2D eigenvalue weighted by molar-refractivity contribution is 9.10. The molecular weight excluding hydrogens is 396 g/mol. The fourth-order valence-corrected chi connectivity index (χ4v) is 4.44. The van der Waals surface area contributed by atoms with E-state index in [2.05, 4.69) is 25.6 Å². The van der Waals surface area contributed by atoms with Crippen molar-refractivity contribution < 1.29 is 8.42 Å². The van der Waals surface area contributed by atoms with Crippen molar-refractivity contribution in [1.82, 2.24) is 4.98 Å². The third kappa shape index (κ3) is 2.91. The standard InChI is InChI=1S/C13H8BrClN2O2S2/c14-8-1-2-10-11(5-8)16-6-12(13(10)15)21(18,19)17-9-3-4-20-7-9/h1-7,17H. The quantitative estimate of drug-likeness (QED) is 0.700. The second kappa shape index (κ2) is 5.57. The van der Waals surface area contributed by atoms with Gasteiger partial charge in [-0.3, -0.25) is 9.71 Å². The first-order chi connectivity index (χ1) is 9.97. The maximum Gasteiger partial charge on any atom is 0.264 e. The molecule has 0 aliphatic rings. The number of anilines is 1. The Labute approximate surface area is 139 Å². The molecule has 0 amide bonds. The van der Waals surface area contributed by atoms with E-state index in [1.54, 1.807) is 35.0 Å². The van der Waals surface area contributed by atoms with Gasteiger partial charge in [-0.1, -0.05) is 33.6 Å². The predicted octanol–water partition coefficient (Wildman–Crippen LogP) is 4.51. The minimum absolute atomic E-state index is 0.0369. The van der Waals surface area contributed by atoms with Crippen molar-refractivity contribution in [3.8, 4) is 0 Å². The Morgan fingerprint density at radius 1 is 1.29 bits per heavy atom. The van der Waals surface area contributed by atoms with Crippen molar-refractivity contribution in [2.24, 2.45) is 0 Å². The summed E-state index contributed by atoms with van der Waals surface area (Å²) >= 11 is 11.0. The minimum Gasteiger partial charge on any atom is -0.279 e. The number of halogens is 2. The molecule has 1 N–H and O–H groups in total. The van der Waals surface area contributed by atoms with Crippen LogP contribution in [0, 0.1) is 0 Å². The average Bonchev–Trinajstić information content (AvgIpc) is 2.90. The largest absolute Gasteiger partial charge is 0.279 e. The zero-order chi connectivity index (χ0) is 15.0. The molecule has 0 spiro atoms. The molecule has 21 heavy (non-hydrogen) atoms. The van der Waals surface area contributed by atoms with E-state index in [9.17, 15) is 8.42 Å². The minimum atomic E-state index is -3.76. The van der Waals surface area contributed by atoms with E-state index < -0.39 is 10.0 Å². The summed E-state index contributed by atoms with van der Waals surface area (Å²) in [5.41, 5.74) is 1.14. The number of nitrogens with one attached hydrogen (secondary N) is 1. The maximum absolute atomic E-state index is 12.4. The lowest BCUT2D eigenvalue weighted by Crippen LogP contribution is -2.13. The fourth-order valence-electron chi connectivity index (χ4n) is 1.83. The number of aromatic nitrogens is 1. The van der Waals surface area contributed by atoms with Gasteiger partial charge in [0.15, 0.2) is 0 Å². The van der Waals surface area contributed by atoms with E-state index in [0.29, 0.717) is 16.6 Å². The summed E-state index contributed by atoms with van der Waals surface area (Å²) in [4.78, 5) is 4.13. The second-order valence-corrected chi connectivity index (χ2v) is 7.94. The number of pyridine rings is 1. The zero-order valence-electron chi connectivity index (χ0n) is 10.4. The number of sulfonamides is 1. The van der Waals surface area contributed by atoms with Gasteiger partial charge in [0, 0.05) is 21.4 Å². The molecule has 0 aliphatic heterocycles. The number of hydrogen-bond acceptors (Lipinski definition) is 4. The molecule has 108 valence electrons. The third-order valence-electron chi connectivity index (χ3n) is 2.80. The van der Waals surface area contributed by atoms with Gasteiger partial charge < -0.3 is 0 Å². The van der Waals surface area contributed by atoms with E-state index in [0.717, 1.165) is 4.47 Å². The molecule has 8 heteroatoms. The van der Waals surface area contributed by atoms with Gasteiger partial charge >= 0.3 is 0 Å². The number of nitrogens with zero attached hydrogens (tertiary/aromatic N) is 1. The first kappa shape index (κ1) is 14.8. The highest BCUT2D eigenvalue weighted by Crippen LogP contribution is 2.31. The molecule has 0 radical (unpaired) electrons. The lowest BCUT2D eigenvalue weighted by atomic mass is 10.2. The summed E-state index contributed by atoms with van der Waals surface area (Å²) in [6.07, 6.45) is 1.27. The van der Waals surface area contributed by atoms with Gasteiger partial charge in [0.05, 0.1) is 16.2 Å². The van der Waals surface area contributed by atoms with Crippen LogP contribution in [0.25, 0.3) is 10.9 Å². The predicted molar refractivity (Wildman–Crippen MR) is 89.6 cm³/mol. The first-order valence-corrected chi connectivity index (χ1v) is 9.36. The number of fused-ring (bicyclic) bond motifs is 1. The normalized spacial score (nSPS) is 11.7. The van der Waals surface area contributed by atoms with Crippen LogP contribution in [0.15, 0.2) is 50.6 Å². The number of benzene rings is 1. The van der Waals surface area contributed by atoms with Crippen molar-refractivity contribution >= 4 is 65.5 Å². The fraction of sp³-hybridized carbons (Fsp3) is 0. The third-order valence-corrected chi connectivity index (χ3v) is 5.89. The number of thiophene rings is 1. The Morgan fingerprint density at radius 3 is 2.81 bits per heavy atom. The van der Waals surface area contributed by atoms with Crippen LogP contribution >= 0.6 is 38.9 Å². The summed E-state index contributed by atoms with van der Waals surface area (Å²) < 4.78 is 28.1. The topological polar surface area (TPSA) is 59.1 Å². The van der Waals surface area contributed by atoms with Gasteiger partial charge in [0.1, 0.15) is 4.90 Å². The molecule has 4 nitrogen and oxygen atoms in total. The van der Waals surface area contributed by atoms with Crippen molar-refractivity contribution in [1.29, 1.82) is 0 Å². The highest BCUT2D eigenvalue weighted by Gasteiger charge is 2.20. The highest BCUT2D eigenvalue weighted by atomic mass is 79.9. The zero-order valence-corrected chi connectivity index (χ0v) is 14.4. The molecule has 0 atom stereocenters. The summed E-state index contributed by atoms with van der Waals surface area (Å²) in [6, 6.07) is 6.99. The van der Waals surface area contributed by atoms with Gasteiger partial charge in [-0.2, -0.15) is 11.3 Å². The monoisotopic (exact) mass is 402 g/mol. The molecule has 0 unspecified atom stereocenters. The van der Waals surface area contributed by atoms with Gasteiger partial charge in [-0.25, -0.2) is 8.42 Å². The molecule has 0 saturated heterocycles. The van der Waals surface area contributed by atoms with Gasteiger partial charge in [0.2, 0.25) is 0 Å². The molecule has 1 aromatic carbocycles. The molecule has 2 heterocycles. The van der Waals surface area contributed by atoms with Crippen molar-refractivity contribution in [2.45, 2.75) is 4.90 Å². The van der Waals surface area contributed by atoms with Gasteiger partial charge in [-0.15, -0.1) is 0 Å².